The molecule has 1 rings (SSSR count). The Kier molecular flexibility index (Phi) is 2.65. The molecule has 0 N–H and O–H groups in total. The first-order valence-corrected chi connectivity index (χ1v) is 3.83. The van der Waals surface area contributed by atoms with Gasteiger partial charge in [0, 0.05) is 13.0 Å². The Morgan fingerprint density at radius 2 is 2.27 bits per heavy atom. The predicted molar refractivity (Wildman–Crippen MR) is 40.2 cm³/mol. The number of hydrogen-bond acceptors (Lipinski definition) is 1. The molecule has 1 radical (unpaired) electrons. The highest BCUT2D eigenvalue weighted by atomic mass is 16.3. The maximum Gasteiger partial charge on any atom is 0.224 e. The molecule has 0 aromatic carbocycles. The first-order chi connectivity index (χ1) is 5.25. The summed E-state index contributed by atoms with van der Waals surface area (Å²) in [5.74, 6) is -0.0313. The second-order valence-electron chi connectivity index (χ2n) is 2.67. The molecule has 3 heteroatoms. The summed E-state index contributed by atoms with van der Waals surface area (Å²) < 4.78 is 0. The molecular weight excluding hydrogens is 142 g/mol. The zero-order valence-electron chi connectivity index (χ0n) is 6.45. The van der Waals surface area contributed by atoms with Gasteiger partial charge in [0.2, 0.25) is 5.91 Å². The van der Waals surface area contributed by atoms with Gasteiger partial charge in [-0.3, -0.25) is 4.79 Å². The average molecular weight is 154 g/mol. The minimum atomic E-state index is -1.04. The van der Waals surface area contributed by atoms with Crippen molar-refractivity contribution in [2.75, 3.05) is 6.54 Å². The molecule has 1 heterocycles. The zero-order chi connectivity index (χ0) is 8.27. The van der Waals surface area contributed by atoms with Gasteiger partial charge < -0.3 is 4.90 Å². The highest BCUT2D eigenvalue weighted by molar-refractivity contribution is 5.77. The van der Waals surface area contributed by atoms with Crippen LogP contribution in [0.3, 0.4) is 0 Å². The van der Waals surface area contributed by atoms with E-state index in [1.165, 1.54) is 11.0 Å². The largest absolute Gasteiger partial charge is 0.311 e. The van der Waals surface area contributed by atoms with E-state index >= 15 is 0 Å². The van der Waals surface area contributed by atoms with Gasteiger partial charge in [0.25, 0.3) is 0 Å². The molecule has 0 bridgehead atoms. The Labute approximate surface area is 66.3 Å². The average Bonchev–Trinajstić information content (AvgIpc) is 2.04. The Balaban J connectivity index is 2.53. The van der Waals surface area contributed by atoms with E-state index in [4.69, 9.17) is 0 Å². The van der Waals surface area contributed by atoms with Crippen molar-refractivity contribution in [3.8, 4) is 0 Å². The second-order valence-corrected chi connectivity index (χ2v) is 2.67. The lowest BCUT2D eigenvalue weighted by atomic mass is 10.1. The van der Waals surface area contributed by atoms with Crippen LogP contribution in [0, 0.1) is 0 Å². The van der Waals surface area contributed by atoms with Crippen LogP contribution >= 0.6 is 0 Å². The molecule has 1 saturated heterocycles. The van der Waals surface area contributed by atoms with Crippen LogP contribution in [0.4, 0.5) is 0 Å². The van der Waals surface area contributed by atoms with E-state index in [2.05, 4.69) is 6.58 Å². The molecule has 11 heavy (non-hydrogen) atoms. The fraction of sp³-hybridized carbons (Fsp3) is 0.625. The SMILES string of the molecule is C=CC([O])N1CCCCC1=O. The van der Waals surface area contributed by atoms with Crippen molar-refractivity contribution in [2.45, 2.75) is 25.5 Å². The molecule has 3 nitrogen and oxygen atoms in total. The lowest BCUT2D eigenvalue weighted by Crippen LogP contribution is -2.41. The molecule has 0 aromatic heterocycles. The first kappa shape index (κ1) is 8.27. The smallest absolute Gasteiger partial charge is 0.224 e. The summed E-state index contributed by atoms with van der Waals surface area (Å²) in [5, 5.41) is 11.0. The van der Waals surface area contributed by atoms with Crippen LogP contribution in [0.1, 0.15) is 19.3 Å². The van der Waals surface area contributed by atoms with Gasteiger partial charge in [-0.05, 0) is 18.9 Å². The van der Waals surface area contributed by atoms with E-state index in [0.717, 1.165) is 12.8 Å². The van der Waals surface area contributed by atoms with Crippen molar-refractivity contribution >= 4 is 5.91 Å². The third-order valence-electron chi connectivity index (χ3n) is 1.87. The van der Waals surface area contributed by atoms with Gasteiger partial charge >= 0.3 is 0 Å². The zero-order valence-corrected chi connectivity index (χ0v) is 6.45. The Hall–Kier alpha value is -0.830. The van der Waals surface area contributed by atoms with Crippen molar-refractivity contribution in [3.63, 3.8) is 0 Å². The van der Waals surface area contributed by atoms with E-state index < -0.39 is 6.23 Å². The summed E-state index contributed by atoms with van der Waals surface area (Å²) in [7, 11) is 0. The predicted octanol–water partition coefficient (Wildman–Crippen LogP) is 0.942. The topological polar surface area (TPSA) is 40.2 Å². The van der Waals surface area contributed by atoms with Gasteiger partial charge in [0.05, 0.1) is 0 Å². The fourth-order valence-electron chi connectivity index (χ4n) is 1.22. The molecule has 0 saturated carbocycles. The van der Waals surface area contributed by atoms with E-state index in [-0.39, 0.29) is 5.91 Å². The number of nitrogens with zero attached hydrogens (tertiary/aromatic N) is 1. The summed E-state index contributed by atoms with van der Waals surface area (Å²) in [4.78, 5) is 12.4. The molecule has 1 fully saturated rings. The van der Waals surface area contributed by atoms with E-state index in [9.17, 15) is 9.90 Å². The van der Waals surface area contributed by atoms with Gasteiger partial charge in [-0.2, -0.15) is 0 Å². The number of rotatable bonds is 2. The summed E-state index contributed by atoms with van der Waals surface area (Å²) >= 11 is 0. The lowest BCUT2D eigenvalue weighted by molar-refractivity contribution is -0.144. The Morgan fingerprint density at radius 1 is 1.55 bits per heavy atom. The number of carbonyl (C=O) groups is 1. The van der Waals surface area contributed by atoms with Crippen molar-refractivity contribution in [1.82, 2.24) is 4.90 Å². The van der Waals surface area contributed by atoms with E-state index in [1.807, 2.05) is 0 Å². The summed E-state index contributed by atoms with van der Waals surface area (Å²) in [5.41, 5.74) is 0. The standard InChI is InChI=1S/C8H12NO2/c1-2-7(10)9-6-4-3-5-8(9)11/h2,7H,1,3-6H2. The molecule has 0 aromatic rings. The normalized spacial score (nSPS) is 21.5. The fourth-order valence-corrected chi connectivity index (χ4v) is 1.22. The molecule has 1 unspecified atom stereocenters. The quantitative estimate of drug-likeness (QED) is 0.546. The maximum absolute atomic E-state index is 11.1. The number of hydrogen-bond donors (Lipinski definition) is 0. The van der Waals surface area contributed by atoms with Crippen LogP contribution in [-0.2, 0) is 9.90 Å². The van der Waals surface area contributed by atoms with Crippen molar-refractivity contribution in [3.05, 3.63) is 12.7 Å². The van der Waals surface area contributed by atoms with Crippen LogP contribution in [-0.4, -0.2) is 23.6 Å². The van der Waals surface area contributed by atoms with E-state index in [0.29, 0.717) is 13.0 Å². The van der Waals surface area contributed by atoms with Gasteiger partial charge in [0.15, 0.2) is 6.23 Å². The molecular formula is C8H12NO2. The molecule has 1 amide bonds. The van der Waals surface area contributed by atoms with E-state index in [1.54, 1.807) is 0 Å². The van der Waals surface area contributed by atoms with Gasteiger partial charge in [-0.15, -0.1) is 0 Å². The number of carbonyl (C=O) groups excluding carboxylic acids is 1. The Bertz CT molecular complexity index is 167. The monoisotopic (exact) mass is 154 g/mol. The minimum Gasteiger partial charge on any atom is -0.311 e. The lowest BCUT2D eigenvalue weighted by Gasteiger charge is -2.28. The minimum absolute atomic E-state index is 0.0313. The van der Waals surface area contributed by atoms with Crippen LogP contribution < -0.4 is 0 Å². The molecule has 0 spiro atoms. The third-order valence-corrected chi connectivity index (χ3v) is 1.87. The van der Waals surface area contributed by atoms with Crippen LogP contribution in [0.2, 0.25) is 0 Å². The summed E-state index contributed by atoms with van der Waals surface area (Å²) in [6.45, 7) is 3.96. The second kappa shape index (κ2) is 3.53. The number of piperidine rings is 1. The molecule has 0 aliphatic carbocycles. The first-order valence-electron chi connectivity index (χ1n) is 3.83. The maximum atomic E-state index is 11.1. The summed E-state index contributed by atoms with van der Waals surface area (Å²) in [6, 6.07) is 0. The van der Waals surface area contributed by atoms with Crippen molar-refractivity contribution in [1.29, 1.82) is 0 Å². The van der Waals surface area contributed by atoms with Crippen molar-refractivity contribution in [2.24, 2.45) is 0 Å². The number of amides is 1. The molecule has 1 atom stereocenters. The summed E-state index contributed by atoms with van der Waals surface area (Å²) in [6.07, 6.45) is 2.61. The Morgan fingerprint density at radius 3 is 2.82 bits per heavy atom. The molecule has 1 aliphatic heterocycles. The van der Waals surface area contributed by atoms with Gasteiger partial charge in [-0.1, -0.05) is 6.58 Å². The highest BCUT2D eigenvalue weighted by Crippen LogP contribution is 2.12. The number of likely N-dealkylation sites (tertiary alicyclic amines) is 1. The van der Waals surface area contributed by atoms with Crippen LogP contribution in [0.15, 0.2) is 12.7 Å². The molecule has 1 aliphatic rings. The van der Waals surface area contributed by atoms with Crippen molar-refractivity contribution < 1.29 is 9.90 Å². The van der Waals surface area contributed by atoms with Gasteiger partial charge in [0.1, 0.15) is 0 Å². The highest BCUT2D eigenvalue weighted by Gasteiger charge is 2.22. The van der Waals surface area contributed by atoms with Crippen LogP contribution in [0.25, 0.3) is 0 Å². The third kappa shape index (κ3) is 1.80. The molecule has 61 valence electrons. The van der Waals surface area contributed by atoms with Crippen LogP contribution in [0.5, 0.6) is 0 Å². The van der Waals surface area contributed by atoms with Gasteiger partial charge in [-0.25, -0.2) is 5.11 Å².